The van der Waals surface area contributed by atoms with Crippen molar-refractivity contribution in [3.8, 4) is 11.3 Å². The molecule has 1 aliphatic rings. The van der Waals surface area contributed by atoms with Crippen LogP contribution in [0.3, 0.4) is 0 Å². The number of halogens is 2. The van der Waals surface area contributed by atoms with Gasteiger partial charge in [-0.3, -0.25) is 4.79 Å². The Morgan fingerprint density at radius 1 is 1.14 bits per heavy atom. The normalized spacial score (nSPS) is 13.3. The number of carbonyl (C=O) groups excluding carboxylic acids is 1. The van der Waals surface area contributed by atoms with Crippen LogP contribution >= 0.6 is 0 Å². The van der Waals surface area contributed by atoms with Crippen molar-refractivity contribution in [2.75, 3.05) is 25.5 Å². The third-order valence-electron chi connectivity index (χ3n) is 6.43. The third-order valence-corrected chi connectivity index (χ3v) is 6.43. The van der Waals surface area contributed by atoms with E-state index in [1.165, 1.54) is 6.07 Å². The van der Waals surface area contributed by atoms with E-state index >= 15 is 0 Å². The summed E-state index contributed by atoms with van der Waals surface area (Å²) in [4.78, 5) is 31.4. The number of nitrogens with one attached hydrogen (secondary N) is 2. The molecule has 3 aromatic heterocycles. The van der Waals surface area contributed by atoms with E-state index in [4.69, 9.17) is 0 Å². The first kappa shape index (κ1) is 24.7. The molecule has 0 bridgehead atoms. The van der Waals surface area contributed by atoms with Gasteiger partial charge in [0.2, 0.25) is 11.9 Å². The zero-order valence-electron chi connectivity index (χ0n) is 21.1. The SMILES string of the molecule is CNCC(=O)N1CCc2nc(Nc3ncc(F)c(-c4cc(F)c5nc(C)n(C(C)C)c5c4)n3)ccc2C1. The summed E-state index contributed by atoms with van der Waals surface area (Å²) < 4.78 is 31.7. The van der Waals surface area contributed by atoms with Crippen LogP contribution in [0.25, 0.3) is 22.3 Å². The molecule has 0 fully saturated rings. The maximum Gasteiger partial charge on any atom is 0.236 e. The van der Waals surface area contributed by atoms with Crippen molar-refractivity contribution in [2.24, 2.45) is 0 Å². The van der Waals surface area contributed by atoms with Crippen molar-refractivity contribution in [3.63, 3.8) is 0 Å². The van der Waals surface area contributed by atoms with Crippen molar-refractivity contribution in [1.29, 1.82) is 0 Å². The van der Waals surface area contributed by atoms with E-state index in [0.717, 1.165) is 17.5 Å². The van der Waals surface area contributed by atoms with Gasteiger partial charge >= 0.3 is 0 Å². The Morgan fingerprint density at radius 2 is 1.95 bits per heavy atom. The highest BCUT2D eigenvalue weighted by molar-refractivity contribution is 5.83. The van der Waals surface area contributed by atoms with Crippen molar-refractivity contribution < 1.29 is 13.6 Å². The second kappa shape index (κ2) is 9.81. The number of imidazole rings is 1. The number of aryl methyl sites for hydroxylation is 1. The van der Waals surface area contributed by atoms with Crippen LogP contribution in [0, 0.1) is 18.6 Å². The van der Waals surface area contributed by atoms with Gasteiger partial charge in [-0.2, -0.15) is 0 Å². The standard InChI is InChI=1S/C26H28F2N8O/c1-14(2)36-15(3)31-25-18(27)9-17(10-21(25)36)24-19(28)11-30-26(34-24)33-22-6-5-16-13-35(23(37)12-29-4)8-7-20(16)32-22/h5-6,9-11,14,29H,7-8,12-13H2,1-4H3,(H,30,32,33,34). The Labute approximate surface area is 213 Å². The molecule has 37 heavy (non-hydrogen) atoms. The molecular weight excluding hydrogens is 478 g/mol. The Kier molecular flexibility index (Phi) is 6.55. The summed E-state index contributed by atoms with van der Waals surface area (Å²) in [5, 5.41) is 5.91. The molecule has 1 aromatic carbocycles. The molecule has 0 saturated carbocycles. The van der Waals surface area contributed by atoms with E-state index in [1.807, 2.05) is 31.4 Å². The summed E-state index contributed by atoms with van der Waals surface area (Å²) in [5.41, 5.74) is 2.94. The number of pyridine rings is 1. The summed E-state index contributed by atoms with van der Waals surface area (Å²) in [6.45, 7) is 7.16. The van der Waals surface area contributed by atoms with E-state index in [9.17, 15) is 13.6 Å². The minimum Gasteiger partial charge on any atom is -0.337 e. The molecule has 0 atom stereocenters. The lowest BCUT2D eigenvalue weighted by molar-refractivity contribution is -0.131. The molecule has 1 amide bonds. The Hall–Kier alpha value is -3.99. The van der Waals surface area contributed by atoms with E-state index in [0.29, 0.717) is 48.8 Å². The third kappa shape index (κ3) is 4.74. The zero-order valence-corrected chi connectivity index (χ0v) is 21.1. The fourth-order valence-electron chi connectivity index (χ4n) is 4.76. The zero-order chi connectivity index (χ0) is 26.3. The number of amides is 1. The second-order valence-electron chi connectivity index (χ2n) is 9.36. The minimum atomic E-state index is -0.665. The molecule has 9 nitrogen and oxygen atoms in total. The minimum absolute atomic E-state index is 0.0240. The Balaban J connectivity index is 1.43. The molecule has 0 radical (unpaired) electrons. The number of likely N-dealkylation sites (N-methyl/N-ethyl adjacent to an activating group) is 1. The van der Waals surface area contributed by atoms with Gasteiger partial charge in [0.05, 0.1) is 18.3 Å². The number of hydrogen-bond donors (Lipinski definition) is 2. The van der Waals surface area contributed by atoms with Crippen LogP contribution in [0.4, 0.5) is 20.5 Å². The molecule has 0 aliphatic carbocycles. The van der Waals surface area contributed by atoms with Crippen LogP contribution < -0.4 is 10.6 Å². The molecule has 4 aromatic rings. The first-order chi connectivity index (χ1) is 17.7. The number of nitrogens with zero attached hydrogens (tertiary/aromatic N) is 6. The van der Waals surface area contributed by atoms with E-state index in [-0.39, 0.29) is 29.1 Å². The number of hydrogen-bond acceptors (Lipinski definition) is 7. The van der Waals surface area contributed by atoms with E-state index < -0.39 is 11.6 Å². The average molecular weight is 507 g/mol. The van der Waals surface area contributed by atoms with Crippen LogP contribution in [0.2, 0.25) is 0 Å². The number of carbonyl (C=O) groups is 1. The molecule has 0 saturated heterocycles. The number of benzene rings is 1. The molecular formula is C26H28F2N8O. The lowest BCUT2D eigenvalue weighted by Gasteiger charge is -2.28. The first-order valence-corrected chi connectivity index (χ1v) is 12.1. The van der Waals surface area contributed by atoms with Crippen molar-refractivity contribution >= 4 is 28.7 Å². The lowest BCUT2D eigenvalue weighted by Crippen LogP contribution is -2.40. The van der Waals surface area contributed by atoms with E-state index in [2.05, 4.69) is 30.6 Å². The molecule has 192 valence electrons. The maximum atomic E-state index is 15.0. The van der Waals surface area contributed by atoms with Gasteiger partial charge in [-0.05, 0) is 51.6 Å². The van der Waals surface area contributed by atoms with Gasteiger partial charge in [-0.15, -0.1) is 0 Å². The fourth-order valence-corrected chi connectivity index (χ4v) is 4.76. The lowest BCUT2D eigenvalue weighted by atomic mass is 10.1. The maximum absolute atomic E-state index is 15.0. The summed E-state index contributed by atoms with van der Waals surface area (Å²) >= 11 is 0. The number of aromatic nitrogens is 5. The average Bonchev–Trinajstić information content (AvgIpc) is 3.21. The molecule has 2 N–H and O–H groups in total. The topological polar surface area (TPSA) is 101 Å². The predicted octanol–water partition coefficient (Wildman–Crippen LogP) is 3.90. The first-order valence-electron chi connectivity index (χ1n) is 12.1. The van der Waals surface area contributed by atoms with Gasteiger partial charge in [0.15, 0.2) is 11.6 Å². The summed E-state index contributed by atoms with van der Waals surface area (Å²) in [7, 11) is 1.74. The molecule has 1 aliphatic heterocycles. The summed E-state index contributed by atoms with van der Waals surface area (Å²) in [5.74, 6) is 0.159. The molecule has 5 rings (SSSR count). The van der Waals surface area contributed by atoms with Crippen molar-refractivity contribution in [3.05, 3.63) is 59.2 Å². The number of rotatable bonds is 6. The van der Waals surface area contributed by atoms with Gasteiger partial charge in [-0.25, -0.2) is 28.7 Å². The van der Waals surface area contributed by atoms with Crippen LogP contribution in [0.1, 0.15) is 37.0 Å². The van der Waals surface area contributed by atoms with Crippen LogP contribution in [0.15, 0.2) is 30.5 Å². The quantitative estimate of drug-likeness (QED) is 0.409. The van der Waals surface area contributed by atoms with Crippen molar-refractivity contribution in [2.45, 2.75) is 39.8 Å². The highest BCUT2D eigenvalue weighted by Crippen LogP contribution is 2.30. The smallest absolute Gasteiger partial charge is 0.236 e. The van der Waals surface area contributed by atoms with Crippen molar-refractivity contribution in [1.82, 2.24) is 34.7 Å². The Bertz CT molecular complexity index is 1500. The van der Waals surface area contributed by atoms with Gasteiger partial charge in [-0.1, -0.05) is 6.07 Å². The van der Waals surface area contributed by atoms with E-state index in [1.54, 1.807) is 24.1 Å². The van der Waals surface area contributed by atoms with Crippen LogP contribution in [-0.2, 0) is 17.8 Å². The largest absolute Gasteiger partial charge is 0.337 e. The van der Waals surface area contributed by atoms with Crippen LogP contribution in [-0.4, -0.2) is 55.4 Å². The summed E-state index contributed by atoms with van der Waals surface area (Å²) in [6, 6.07) is 6.67. The monoisotopic (exact) mass is 506 g/mol. The van der Waals surface area contributed by atoms with Crippen LogP contribution in [0.5, 0.6) is 0 Å². The van der Waals surface area contributed by atoms with Gasteiger partial charge in [0.25, 0.3) is 0 Å². The molecule has 11 heteroatoms. The van der Waals surface area contributed by atoms with Gasteiger partial charge in [0, 0.05) is 36.8 Å². The van der Waals surface area contributed by atoms with Gasteiger partial charge in [0.1, 0.15) is 22.9 Å². The molecule has 4 heterocycles. The Morgan fingerprint density at radius 3 is 2.70 bits per heavy atom. The number of fused-ring (bicyclic) bond motifs is 2. The summed E-state index contributed by atoms with van der Waals surface area (Å²) in [6.07, 6.45) is 1.68. The highest BCUT2D eigenvalue weighted by Gasteiger charge is 2.22. The molecule has 0 spiro atoms. The number of anilines is 2. The predicted molar refractivity (Wildman–Crippen MR) is 136 cm³/mol. The molecule has 0 unspecified atom stereocenters. The second-order valence-corrected chi connectivity index (χ2v) is 9.36. The fraction of sp³-hybridized carbons (Fsp3) is 0.346. The van der Waals surface area contributed by atoms with Gasteiger partial charge < -0.3 is 20.1 Å². The highest BCUT2D eigenvalue weighted by atomic mass is 19.1.